The number of benzene rings is 1. The van der Waals surface area contributed by atoms with E-state index >= 15 is 0 Å². The quantitative estimate of drug-likeness (QED) is 0.664. The minimum Gasteiger partial charge on any atom is -0.317 e. The van der Waals surface area contributed by atoms with Crippen molar-refractivity contribution in [2.24, 2.45) is 5.73 Å². The second kappa shape index (κ2) is 5.33. The standard InChI is InChI=1S/C10H10BrNS/c1-2-9(12)7-13-10-5-3-4-8(11)6-10/h1,3-6,9H,7,12H2. The Balaban J connectivity index is 2.51. The van der Waals surface area contributed by atoms with E-state index in [0.29, 0.717) is 0 Å². The van der Waals surface area contributed by atoms with Crippen molar-refractivity contribution in [1.82, 2.24) is 0 Å². The fraction of sp³-hybridized carbons (Fsp3) is 0.200. The fourth-order valence-corrected chi connectivity index (χ4v) is 2.19. The summed E-state index contributed by atoms with van der Waals surface area (Å²) in [5.41, 5.74) is 5.59. The Labute approximate surface area is 91.2 Å². The molecule has 0 bridgehead atoms. The molecule has 1 atom stereocenters. The summed E-state index contributed by atoms with van der Waals surface area (Å²) in [5, 5.41) is 0. The SMILES string of the molecule is C#CC(N)CSc1cccc(Br)c1. The van der Waals surface area contributed by atoms with Gasteiger partial charge in [-0.05, 0) is 18.2 Å². The van der Waals surface area contributed by atoms with E-state index in [1.165, 1.54) is 4.90 Å². The molecule has 0 fully saturated rings. The Morgan fingerprint density at radius 1 is 1.62 bits per heavy atom. The number of nitrogens with two attached hydrogens (primary N) is 1. The van der Waals surface area contributed by atoms with Gasteiger partial charge in [0.1, 0.15) is 0 Å². The molecule has 0 aromatic heterocycles. The van der Waals surface area contributed by atoms with Crippen LogP contribution in [0.3, 0.4) is 0 Å². The molecule has 1 aromatic carbocycles. The molecule has 0 saturated heterocycles. The maximum atomic E-state index is 5.59. The van der Waals surface area contributed by atoms with Gasteiger partial charge in [0, 0.05) is 15.1 Å². The lowest BCUT2D eigenvalue weighted by molar-refractivity contribution is 0.974. The van der Waals surface area contributed by atoms with Crippen molar-refractivity contribution in [3.8, 4) is 12.3 Å². The number of terminal acetylenes is 1. The molecule has 1 nitrogen and oxygen atoms in total. The second-order valence-electron chi connectivity index (χ2n) is 2.54. The van der Waals surface area contributed by atoms with Crippen molar-refractivity contribution in [2.45, 2.75) is 10.9 Å². The van der Waals surface area contributed by atoms with Crippen LogP contribution in [-0.4, -0.2) is 11.8 Å². The maximum absolute atomic E-state index is 5.59. The van der Waals surface area contributed by atoms with Crippen LogP contribution in [0.1, 0.15) is 0 Å². The molecule has 0 aliphatic carbocycles. The first-order valence-electron chi connectivity index (χ1n) is 3.82. The molecule has 0 aliphatic rings. The van der Waals surface area contributed by atoms with Crippen molar-refractivity contribution in [3.63, 3.8) is 0 Å². The van der Waals surface area contributed by atoms with E-state index in [2.05, 4.69) is 21.9 Å². The molecule has 1 rings (SSSR count). The van der Waals surface area contributed by atoms with Gasteiger partial charge in [-0.25, -0.2) is 0 Å². The highest BCUT2D eigenvalue weighted by atomic mass is 79.9. The highest BCUT2D eigenvalue weighted by Crippen LogP contribution is 2.21. The fourth-order valence-electron chi connectivity index (χ4n) is 0.791. The minimum absolute atomic E-state index is 0.163. The molecule has 0 aliphatic heterocycles. The van der Waals surface area contributed by atoms with Crippen LogP contribution in [0, 0.1) is 12.3 Å². The van der Waals surface area contributed by atoms with Crippen LogP contribution in [0.15, 0.2) is 33.6 Å². The number of thioether (sulfide) groups is 1. The van der Waals surface area contributed by atoms with Gasteiger partial charge in [-0.1, -0.05) is 27.9 Å². The van der Waals surface area contributed by atoms with Crippen LogP contribution in [0.5, 0.6) is 0 Å². The normalized spacial score (nSPS) is 12.1. The van der Waals surface area contributed by atoms with Gasteiger partial charge < -0.3 is 5.73 Å². The van der Waals surface area contributed by atoms with Gasteiger partial charge in [-0.3, -0.25) is 0 Å². The third-order valence-corrected chi connectivity index (χ3v) is 3.05. The predicted octanol–water partition coefficient (Wildman–Crippen LogP) is 2.50. The van der Waals surface area contributed by atoms with E-state index in [4.69, 9.17) is 12.2 Å². The smallest absolute Gasteiger partial charge is 0.0757 e. The van der Waals surface area contributed by atoms with E-state index in [0.717, 1.165) is 10.2 Å². The highest BCUT2D eigenvalue weighted by Gasteiger charge is 1.99. The Morgan fingerprint density at radius 3 is 3.00 bits per heavy atom. The predicted molar refractivity (Wildman–Crippen MR) is 61.7 cm³/mol. The van der Waals surface area contributed by atoms with Gasteiger partial charge in [0.25, 0.3) is 0 Å². The van der Waals surface area contributed by atoms with Crippen molar-refractivity contribution < 1.29 is 0 Å². The van der Waals surface area contributed by atoms with Crippen LogP contribution in [0.25, 0.3) is 0 Å². The summed E-state index contributed by atoms with van der Waals surface area (Å²) in [6.45, 7) is 0. The van der Waals surface area contributed by atoms with Gasteiger partial charge in [0.05, 0.1) is 6.04 Å². The molecule has 3 heteroatoms. The third kappa shape index (κ3) is 3.86. The van der Waals surface area contributed by atoms with Crippen LogP contribution in [0.4, 0.5) is 0 Å². The van der Waals surface area contributed by atoms with Crippen molar-refractivity contribution in [2.75, 3.05) is 5.75 Å². The minimum atomic E-state index is -0.163. The zero-order valence-corrected chi connectivity index (χ0v) is 9.44. The van der Waals surface area contributed by atoms with Crippen LogP contribution in [-0.2, 0) is 0 Å². The summed E-state index contributed by atoms with van der Waals surface area (Å²) in [7, 11) is 0. The maximum Gasteiger partial charge on any atom is 0.0757 e. The summed E-state index contributed by atoms with van der Waals surface area (Å²) in [4.78, 5) is 1.18. The Bertz CT molecular complexity index is 319. The molecule has 1 unspecified atom stereocenters. The molecule has 0 saturated carbocycles. The monoisotopic (exact) mass is 255 g/mol. The lowest BCUT2D eigenvalue weighted by atomic mass is 10.4. The molecule has 13 heavy (non-hydrogen) atoms. The van der Waals surface area contributed by atoms with Gasteiger partial charge in [-0.2, -0.15) is 0 Å². The summed E-state index contributed by atoms with van der Waals surface area (Å²) >= 11 is 5.07. The molecular weight excluding hydrogens is 246 g/mol. The highest BCUT2D eigenvalue weighted by molar-refractivity contribution is 9.10. The Morgan fingerprint density at radius 2 is 2.38 bits per heavy atom. The summed E-state index contributed by atoms with van der Waals surface area (Å²) in [6.07, 6.45) is 5.17. The zero-order chi connectivity index (χ0) is 9.68. The topological polar surface area (TPSA) is 26.0 Å². The molecule has 0 spiro atoms. The molecule has 0 radical (unpaired) electrons. The van der Waals surface area contributed by atoms with Crippen molar-refractivity contribution >= 4 is 27.7 Å². The molecular formula is C10H10BrNS. The average molecular weight is 256 g/mol. The summed E-state index contributed by atoms with van der Waals surface area (Å²) < 4.78 is 1.08. The molecule has 2 N–H and O–H groups in total. The zero-order valence-electron chi connectivity index (χ0n) is 7.03. The molecule has 1 aromatic rings. The van der Waals surface area contributed by atoms with E-state index in [9.17, 15) is 0 Å². The molecule has 68 valence electrons. The lowest BCUT2D eigenvalue weighted by Gasteiger charge is -2.03. The van der Waals surface area contributed by atoms with Crippen molar-refractivity contribution in [3.05, 3.63) is 28.7 Å². The van der Waals surface area contributed by atoms with Crippen LogP contribution >= 0.6 is 27.7 Å². The second-order valence-corrected chi connectivity index (χ2v) is 4.55. The van der Waals surface area contributed by atoms with Gasteiger partial charge in [0.2, 0.25) is 0 Å². The number of hydrogen-bond donors (Lipinski definition) is 1. The van der Waals surface area contributed by atoms with Gasteiger partial charge in [-0.15, -0.1) is 18.2 Å². The Hall–Kier alpha value is -0.430. The third-order valence-electron chi connectivity index (χ3n) is 1.44. The van der Waals surface area contributed by atoms with Gasteiger partial charge in [0.15, 0.2) is 0 Å². The largest absolute Gasteiger partial charge is 0.317 e. The van der Waals surface area contributed by atoms with Crippen molar-refractivity contribution in [1.29, 1.82) is 0 Å². The first-order chi connectivity index (χ1) is 6.22. The Kier molecular flexibility index (Phi) is 4.37. The molecule has 0 heterocycles. The van der Waals surface area contributed by atoms with E-state index in [1.54, 1.807) is 11.8 Å². The first-order valence-corrected chi connectivity index (χ1v) is 5.60. The summed E-state index contributed by atoms with van der Waals surface area (Å²) in [5.74, 6) is 3.25. The van der Waals surface area contributed by atoms with E-state index in [1.807, 2.05) is 24.3 Å². The molecule has 0 amide bonds. The van der Waals surface area contributed by atoms with E-state index < -0.39 is 0 Å². The van der Waals surface area contributed by atoms with Crippen LogP contribution < -0.4 is 5.73 Å². The van der Waals surface area contributed by atoms with Gasteiger partial charge >= 0.3 is 0 Å². The van der Waals surface area contributed by atoms with E-state index in [-0.39, 0.29) is 6.04 Å². The number of rotatable bonds is 3. The summed E-state index contributed by atoms with van der Waals surface area (Å²) in [6, 6.07) is 7.91. The van der Waals surface area contributed by atoms with Crippen LogP contribution in [0.2, 0.25) is 0 Å². The number of hydrogen-bond acceptors (Lipinski definition) is 2. The lowest BCUT2D eigenvalue weighted by Crippen LogP contribution is -2.19. The number of halogens is 1. The first kappa shape index (κ1) is 10.6. The average Bonchev–Trinajstić information content (AvgIpc) is 2.14.